The second-order valence-electron chi connectivity index (χ2n) is 4.69. The summed E-state index contributed by atoms with van der Waals surface area (Å²) in [5.74, 6) is 0.925. The van der Waals surface area contributed by atoms with Gasteiger partial charge in [0.1, 0.15) is 17.9 Å². The smallest absolute Gasteiger partial charge is 0.191 e. The van der Waals surface area contributed by atoms with Crippen LogP contribution in [0.4, 0.5) is 0 Å². The van der Waals surface area contributed by atoms with Gasteiger partial charge in [-0.3, -0.25) is 10.1 Å². The second kappa shape index (κ2) is 3.08. The zero-order valence-electron chi connectivity index (χ0n) is 9.54. The Morgan fingerprint density at radius 1 is 1.56 bits per heavy atom. The summed E-state index contributed by atoms with van der Waals surface area (Å²) >= 11 is 0. The molecule has 2 aliphatic heterocycles. The maximum atomic E-state index is 12.4. The van der Waals surface area contributed by atoms with Crippen LogP contribution in [0.3, 0.4) is 0 Å². The molecule has 2 aliphatic rings. The van der Waals surface area contributed by atoms with E-state index in [0.717, 1.165) is 23.3 Å². The topological polar surface area (TPSA) is 48.2 Å². The third-order valence-corrected chi connectivity index (χ3v) is 3.59. The van der Waals surface area contributed by atoms with Crippen LogP contribution in [0.1, 0.15) is 29.3 Å². The summed E-state index contributed by atoms with van der Waals surface area (Å²) < 4.78 is 5.68. The molecule has 1 N–H and O–H groups in total. The van der Waals surface area contributed by atoms with Crippen molar-refractivity contribution in [3.05, 3.63) is 29.3 Å². The van der Waals surface area contributed by atoms with Gasteiger partial charge in [0.2, 0.25) is 0 Å². The van der Waals surface area contributed by atoms with E-state index in [-0.39, 0.29) is 11.8 Å². The molecular formula is C13H15NO2. The quantitative estimate of drug-likeness (QED) is 0.728. The van der Waals surface area contributed by atoms with Gasteiger partial charge in [-0.15, -0.1) is 0 Å². The minimum Gasteiger partial charge on any atom is -0.490 e. The summed E-state index contributed by atoms with van der Waals surface area (Å²) in [4.78, 5) is 12.4. The first-order valence-electron chi connectivity index (χ1n) is 5.73. The molecule has 3 nitrogen and oxygen atoms in total. The number of carbonyl (C=O) groups excluding carboxylic acids is 1. The Bertz CT molecular complexity index is 469. The van der Waals surface area contributed by atoms with Gasteiger partial charge in [-0.1, -0.05) is 18.6 Å². The molecule has 1 spiro atoms. The first-order valence-corrected chi connectivity index (χ1v) is 5.73. The van der Waals surface area contributed by atoms with E-state index >= 15 is 0 Å². The van der Waals surface area contributed by atoms with Gasteiger partial charge in [0, 0.05) is 6.04 Å². The SMILES string of the molecule is CC[C@@H]1N[C@@]12COc1ccc(C)cc1C2=O. The highest BCUT2D eigenvalue weighted by Gasteiger charge is 2.61. The van der Waals surface area contributed by atoms with Gasteiger partial charge in [0.05, 0.1) is 5.56 Å². The Balaban J connectivity index is 2.02. The molecule has 1 aromatic carbocycles. The number of ether oxygens (including phenoxy) is 1. The third kappa shape index (κ3) is 1.15. The van der Waals surface area contributed by atoms with Crippen LogP contribution in [0.25, 0.3) is 0 Å². The monoisotopic (exact) mass is 217 g/mol. The van der Waals surface area contributed by atoms with E-state index in [2.05, 4.69) is 12.2 Å². The highest BCUT2D eigenvalue weighted by atomic mass is 16.5. The number of nitrogens with one attached hydrogen (secondary N) is 1. The van der Waals surface area contributed by atoms with E-state index in [9.17, 15) is 4.79 Å². The predicted octanol–water partition coefficient (Wildman–Crippen LogP) is 1.69. The lowest BCUT2D eigenvalue weighted by Gasteiger charge is -2.23. The minimum atomic E-state index is -0.421. The average molecular weight is 217 g/mol. The van der Waals surface area contributed by atoms with Crippen molar-refractivity contribution in [1.29, 1.82) is 0 Å². The number of benzene rings is 1. The molecule has 16 heavy (non-hydrogen) atoms. The highest BCUT2D eigenvalue weighted by Crippen LogP contribution is 2.39. The normalized spacial score (nSPS) is 31.1. The van der Waals surface area contributed by atoms with E-state index in [0.29, 0.717) is 6.61 Å². The van der Waals surface area contributed by atoms with Gasteiger partial charge < -0.3 is 4.74 Å². The van der Waals surface area contributed by atoms with E-state index < -0.39 is 5.54 Å². The van der Waals surface area contributed by atoms with Crippen molar-refractivity contribution >= 4 is 5.78 Å². The number of hydrogen-bond donors (Lipinski definition) is 1. The van der Waals surface area contributed by atoms with Crippen molar-refractivity contribution in [3.8, 4) is 5.75 Å². The summed E-state index contributed by atoms with van der Waals surface area (Å²) in [6.45, 7) is 4.55. The van der Waals surface area contributed by atoms with E-state index in [4.69, 9.17) is 4.74 Å². The molecule has 1 fully saturated rings. The highest BCUT2D eigenvalue weighted by molar-refractivity contribution is 6.09. The summed E-state index contributed by atoms with van der Waals surface area (Å²) in [6.07, 6.45) is 0.969. The molecule has 1 saturated heterocycles. The largest absolute Gasteiger partial charge is 0.490 e. The van der Waals surface area contributed by atoms with E-state index in [1.54, 1.807) is 0 Å². The van der Waals surface area contributed by atoms with Gasteiger partial charge in [0.15, 0.2) is 5.78 Å². The van der Waals surface area contributed by atoms with Gasteiger partial charge >= 0.3 is 0 Å². The Labute approximate surface area is 94.8 Å². The van der Waals surface area contributed by atoms with Crippen LogP contribution in [0.15, 0.2) is 18.2 Å². The molecule has 0 amide bonds. The molecular weight excluding hydrogens is 202 g/mol. The van der Waals surface area contributed by atoms with Crippen molar-refractivity contribution in [1.82, 2.24) is 5.32 Å². The van der Waals surface area contributed by atoms with Crippen LogP contribution in [0.2, 0.25) is 0 Å². The summed E-state index contributed by atoms with van der Waals surface area (Å²) in [5.41, 5.74) is 1.41. The molecule has 2 heterocycles. The van der Waals surface area contributed by atoms with Crippen LogP contribution in [-0.2, 0) is 0 Å². The molecule has 2 atom stereocenters. The minimum absolute atomic E-state index is 0.198. The molecule has 3 rings (SSSR count). The molecule has 1 aromatic rings. The van der Waals surface area contributed by atoms with Gasteiger partial charge in [0.25, 0.3) is 0 Å². The van der Waals surface area contributed by atoms with Crippen molar-refractivity contribution in [2.75, 3.05) is 6.61 Å². The number of carbonyl (C=O) groups is 1. The maximum absolute atomic E-state index is 12.4. The van der Waals surface area contributed by atoms with Crippen molar-refractivity contribution < 1.29 is 9.53 Å². The van der Waals surface area contributed by atoms with Crippen molar-refractivity contribution in [3.63, 3.8) is 0 Å². The lowest BCUT2D eigenvalue weighted by atomic mass is 9.90. The zero-order chi connectivity index (χ0) is 11.3. The van der Waals surface area contributed by atoms with Gasteiger partial charge in [-0.25, -0.2) is 0 Å². The first-order chi connectivity index (χ1) is 7.67. The molecule has 3 heteroatoms. The van der Waals surface area contributed by atoms with Crippen molar-refractivity contribution in [2.24, 2.45) is 0 Å². The summed E-state index contributed by atoms with van der Waals surface area (Å²) in [6, 6.07) is 6.07. The average Bonchev–Trinajstić information content (AvgIpc) is 3.00. The third-order valence-electron chi connectivity index (χ3n) is 3.59. The molecule has 0 bridgehead atoms. The number of Topliss-reactive ketones (excluding diaryl/α,β-unsaturated/α-hetero) is 1. The Morgan fingerprint density at radius 2 is 2.38 bits per heavy atom. The van der Waals surface area contributed by atoms with E-state index in [1.165, 1.54) is 0 Å². The van der Waals surface area contributed by atoms with Crippen molar-refractivity contribution in [2.45, 2.75) is 31.8 Å². The molecule has 0 aromatic heterocycles. The number of rotatable bonds is 1. The summed E-state index contributed by atoms with van der Waals surface area (Å²) in [5, 5.41) is 3.27. The fraction of sp³-hybridized carbons (Fsp3) is 0.462. The lowest BCUT2D eigenvalue weighted by Crippen LogP contribution is -2.40. The first kappa shape index (κ1) is 9.85. The fourth-order valence-electron chi connectivity index (χ4n) is 2.53. The number of fused-ring (bicyclic) bond motifs is 1. The van der Waals surface area contributed by atoms with Gasteiger partial charge in [-0.05, 0) is 25.5 Å². The molecule has 0 radical (unpaired) electrons. The second-order valence-corrected chi connectivity index (χ2v) is 4.69. The standard InChI is InChI=1S/C13H15NO2/c1-3-11-13(14-11)7-16-10-5-4-8(2)6-9(10)12(13)15/h4-6,11,14H,3,7H2,1-2H3/t11-,13-/m0/s1. The number of ketones is 1. The Hall–Kier alpha value is -1.35. The molecule has 0 unspecified atom stereocenters. The summed E-state index contributed by atoms with van der Waals surface area (Å²) in [7, 11) is 0. The molecule has 84 valence electrons. The van der Waals surface area contributed by atoms with Crippen LogP contribution >= 0.6 is 0 Å². The van der Waals surface area contributed by atoms with Crippen LogP contribution in [0.5, 0.6) is 5.75 Å². The Morgan fingerprint density at radius 3 is 3.06 bits per heavy atom. The van der Waals surface area contributed by atoms with Gasteiger partial charge in [-0.2, -0.15) is 0 Å². The van der Waals surface area contributed by atoms with Crippen LogP contribution < -0.4 is 10.1 Å². The number of aryl methyl sites for hydroxylation is 1. The van der Waals surface area contributed by atoms with Crippen LogP contribution in [-0.4, -0.2) is 24.0 Å². The molecule has 0 aliphatic carbocycles. The predicted molar refractivity (Wildman–Crippen MR) is 61.0 cm³/mol. The number of hydrogen-bond acceptors (Lipinski definition) is 3. The molecule has 0 saturated carbocycles. The maximum Gasteiger partial charge on any atom is 0.191 e. The van der Waals surface area contributed by atoms with Crippen LogP contribution in [0, 0.1) is 6.92 Å². The zero-order valence-corrected chi connectivity index (χ0v) is 9.54. The fourth-order valence-corrected chi connectivity index (χ4v) is 2.53. The van der Waals surface area contributed by atoms with E-state index in [1.807, 2.05) is 25.1 Å². The Kier molecular flexibility index (Phi) is 1.89. The lowest BCUT2D eigenvalue weighted by molar-refractivity contribution is 0.0864.